The minimum atomic E-state index is 0.130. The number of carbonyl (C=O) groups is 1. The molecule has 0 radical (unpaired) electrons. The van der Waals surface area contributed by atoms with Crippen LogP contribution in [0, 0.1) is 0 Å². The highest BCUT2D eigenvalue weighted by molar-refractivity contribution is 7.10. The summed E-state index contributed by atoms with van der Waals surface area (Å²) in [7, 11) is 1.73. The van der Waals surface area contributed by atoms with Crippen molar-refractivity contribution >= 4 is 23.2 Å². The Labute approximate surface area is 130 Å². The lowest BCUT2D eigenvalue weighted by atomic mass is 10.1. The molecule has 0 unspecified atom stereocenters. The Morgan fingerprint density at radius 2 is 2.33 bits per heavy atom. The van der Waals surface area contributed by atoms with Crippen LogP contribution in [-0.4, -0.2) is 43.4 Å². The van der Waals surface area contributed by atoms with E-state index in [1.54, 1.807) is 18.4 Å². The zero-order chi connectivity index (χ0) is 15.1. The van der Waals surface area contributed by atoms with Crippen LogP contribution in [0.3, 0.4) is 0 Å². The standard InChI is InChI=1S/C15H24N4OS/c1-3-4-7-17-15(16-2)18-10-14(20)19-8-5-13-12(11-19)6-9-21-13/h6,9H,3-5,7-8,10-11H2,1-2H3,(H2,16,17,18). The van der Waals surface area contributed by atoms with E-state index in [4.69, 9.17) is 0 Å². The molecule has 21 heavy (non-hydrogen) atoms. The molecule has 2 heterocycles. The first-order valence-electron chi connectivity index (χ1n) is 7.52. The monoisotopic (exact) mass is 308 g/mol. The number of hydrogen-bond donors (Lipinski definition) is 2. The average molecular weight is 308 g/mol. The minimum absolute atomic E-state index is 0.130. The summed E-state index contributed by atoms with van der Waals surface area (Å²) in [6.45, 7) is 4.88. The summed E-state index contributed by atoms with van der Waals surface area (Å²) in [6.07, 6.45) is 3.21. The van der Waals surface area contributed by atoms with Gasteiger partial charge in [-0.05, 0) is 29.9 Å². The first-order valence-corrected chi connectivity index (χ1v) is 8.40. The summed E-state index contributed by atoms with van der Waals surface area (Å²) in [5.41, 5.74) is 1.30. The van der Waals surface area contributed by atoms with Crippen LogP contribution in [0.2, 0.25) is 0 Å². The number of fused-ring (bicyclic) bond motifs is 1. The molecule has 5 nitrogen and oxygen atoms in total. The molecule has 2 rings (SSSR count). The lowest BCUT2D eigenvalue weighted by Crippen LogP contribution is -2.45. The molecule has 1 aromatic heterocycles. The molecule has 0 atom stereocenters. The van der Waals surface area contributed by atoms with Crippen LogP contribution in [0.25, 0.3) is 0 Å². The molecule has 0 fully saturated rings. The van der Waals surface area contributed by atoms with Crippen molar-refractivity contribution in [1.29, 1.82) is 0 Å². The number of unbranched alkanes of at least 4 members (excludes halogenated alkanes) is 1. The number of aliphatic imine (C=N–C) groups is 1. The van der Waals surface area contributed by atoms with Crippen molar-refractivity contribution in [2.24, 2.45) is 4.99 Å². The molecule has 116 valence electrons. The summed E-state index contributed by atoms with van der Waals surface area (Å²) < 4.78 is 0. The zero-order valence-corrected chi connectivity index (χ0v) is 13.6. The van der Waals surface area contributed by atoms with Crippen LogP contribution in [0.15, 0.2) is 16.4 Å². The fourth-order valence-electron chi connectivity index (χ4n) is 2.34. The lowest BCUT2D eigenvalue weighted by molar-refractivity contribution is -0.130. The third-order valence-corrected chi connectivity index (χ3v) is 4.64. The van der Waals surface area contributed by atoms with Gasteiger partial charge in [0, 0.05) is 31.6 Å². The highest BCUT2D eigenvalue weighted by Gasteiger charge is 2.21. The van der Waals surface area contributed by atoms with E-state index in [0.29, 0.717) is 12.5 Å². The topological polar surface area (TPSA) is 56.7 Å². The maximum Gasteiger partial charge on any atom is 0.242 e. The van der Waals surface area contributed by atoms with E-state index in [-0.39, 0.29) is 5.91 Å². The van der Waals surface area contributed by atoms with Crippen molar-refractivity contribution in [1.82, 2.24) is 15.5 Å². The van der Waals surface area contributed by atoms with E-state index in [1.165, 1.54) is 10.4 Å². The van der Waals surface area contributed by atoms with E-state index >= 15 is 0 Å². The summed E-state index contributed by atoms with van der Waals surface area (Å²) in [5, 5.41) is 8.41. The molecule has 1 aliphatic rings. The Morgan fingerprint density at radius 3 is 3.10 bits per heavy atom. The fourth-order valence-corrected chi connectivity index (χ4v) is 3.23. The number of rotatable bonds is 5. The predicted molar refractivity (Wildman–Crippen MR) is 87.7 cm³/mol. The Bertz CT molecular complexity index is 498. The summed E-state index contributed by atoms with van der Waals surface area (Å²) in [4.78, 5) is 19.7. The molecule has 0 spiro atoms. The van der Waals surface area contributed by atoms with Crippen molar-refractivity contribution < 1.29 is 4.79 Å². The van der Waals surface area contributed by atoms with Gasteiger partial charge in [-0.15, -0.1) is 11.3 Å². The van der Waals surface area contributed by atoms with Crippen molar-refractivity contribution in [2.45, 2.75) is 32.7 Å². The predicted octanol–water partition coefficient (Wildman–Crippen LogP) is 1.60. The van der Waals surface area contributed by atoms with Crippen molar-refractivity contribution in [3.8, 4) is 0 Å². The van der Waals surface area contributed by atoms with Gasteiger partial charge in [-0.1, -0.05) is 13.3 Å². The van der Waals surface area contributed by atoms with Gasteiger partial charge in [0.15, 0.2) is 5.96 Å². The van der Waals surface area contributed by atoms with E-state index < -0.39 is 0 Å². The first-order chi connectivity index (χ1) is 10.2. The van der Waals surface area contributed by atoms with Crippen LogP contribution >= 0.6 is 11.3 Å². The number of carbonyl (C=O) groups excluding carboxylic acids is 1. The normalized spacial score (nSPS) is 14.8. The van der Waals surface area contributed by atoms with E-state index in [0.717, 1.165) is 38.9 Å². The van der Waals surface area contributed by atoms with Gasteiger partial charge in [0.05, 0.1) is 6.54 Å². The molecule has 0 aliphatic carbocycles. The van der Waals surface area contributed by atoms with Gasteiger partial charge >= 0.3 is 0 Å². The molecule has 0 aromatic carbocycles. The average Bonchev–Trinajstić information content (AvgIpc) is 2.97. The molecule has 0 saturated carbocycles. The maximum atomic E-state index is 12.3. The number of nitrogens with one attached hydrogen (secondary N) is 2. The Hall–Kier alpha value is -1.56. The molecular weight excluding hydrogens is 284 g/mol. The molecule has 1 amide bonds. The summed E-state index contributed by atoms with van der Waals surface area (Å²) in [5.74, 6) is 0.829. The third kappa shape index (κ3) is 4.46. The second-order valence-corrected chi connectivity index (χ2v) is 6.14. The molecule has 0 bridgehead atoms. The maximum absolute atomic E-state index is 12.3. The molecule has 1 aromatic rings. The third-order valence-electron chi connectivity index (χ3n) is 3.61. The Kier molecular flexibility index (Phi) is 6.04. The largest absolute Gasteiger partial charge is 0.356 e. The number of hydrogen-bond acceptors (Lipinski definition) is 3. The second-order valence-electron chi connectivity index (χ2n) is 5.14. The number of amides is 1. The van der Waals surface area contributed by atoms with E-state index in [1.807, 2.05) is 4.90 Å². The van der Waals surface area contributed by atoms with Crippen molar-refractivity contribution in [3.05, 3.63) is 21.9 Å². The quantitative estimate of drug-likeness (QED) is 0.493. The lowest BCUT2D eigenvalue weighted by Gasteiger charge is -2.27. The first kappa shape index (κ1) is 15.8. The number of thiophene rings is 1. The van der Waals surface area contributed by atoms with Crippen LogP contribution in [-0.2, 0) is 17.8 Å². The highest BCUT2D eigenvalue weighted by atomic mass is 32.1. The van der Waals surface area contributed by atoms with Crippen LogP contribution in [0.4, 0.5) is 0 Å². The summed E-state index contributed by atoms with van der Waals surface area (Å²) in [6, 6.07) is 2.12. The smallest absolute Gasteiger partial charge is 0.242 e. The highest BCUT2D eigenvalue weighted by Crippen LogP contribution is 2.23. The van der Waals surface area contributed by atoms with Crippen LogP contribution in [0.5, 0.6) is 0 Å². The van der Waals surface area contributed by atoms with Gasteiger partial charge in [0.2, 0.25) is 5.91 Å². The second kappa shape index (κ2) is 8.02. The fraction of sp³-hybridized carbons (Fsp3) is 0.600. The van der Waals surface area contributed by atoms with E-state index in [9.17, 15) is 4.79 Å². The van der Waals surface area contributed by atoms with E-state index in [2.05, 4.69) is 34.0 Å². The van der Waals surface area contributed by atoms with Crippen LogP contribution in [0.1, 0.15) is 30.2 Å². The van der Waals surface area contributed by atoms with Crippen molar-refractivity contribution in [2.75, 3.05) is 26.7 Å². The number of nitrogens with zero attached hydrogens (tertiary/aromatic N) is 2. The number of guanidine groups is 1. The van der Waals surface area contributed by atoms with Gasteiger partial charge in [-0.25, -0.2) is 0 Å². The van der Waals surface area contributed by atoms with Gasteiger partial charge in [0.25, 0.3) is 0 Å². The van der Waals surface area contributed by atoms with Gasteiger partial charge in [-0.3, -0.25) is 9.79 Å². The minimum Gasteiger partial charge on any atom is -0.356 e. The molecule has 6 heteroatoms. The van der Waals surface area contributed by atoms with Crippen LogP contribution < -0.4 is 10.6 Å². The molecule has 2 N–H and O–H groups in total. The molecular formula is C15H24N4OS. The molecule has 0 saturated heterocycles. The Balaban J connectivity index is 1.77. The van der Waals surface area contributed by atoms with Gasteiger partial charge in [0.1, 0.15) is 0 Å². The SMILES string of the molecule is CCCCNC(=NC)NCC(=O)N1CCc2sccc2C1. The van der Waals surface area contributed by atoms with Crippen molar-refractivity contribution in [3.63, 3.8) is 0 Å². The van der Waals surface area contributed by atoms with Gasteiger partial charge in [-0.2, -0.15) is 0 Å². The molecule has 1 aliphatic heterocycles. The zero-order valence-electron chi connectivity index (χ0n) is 12.8. The summed E-state index contributed by atoms with van der Waals surface area (Å²) >= 11 is 1.79. The Morgan fingerprint density at radius 1 is 1.48 bits per heavy atom. The van der Waals surface area contributed by atoms with Gasteiger partial charge < -0.3 is 15.5 Å².